The molecule has 1 saturated carbocycles. The Morgan fingerprint density at radius 2 is 1.90 bits per heavy atom. The van der Waals surface area contributed by atoms with Gasteiger partial charge < -0.3 is 20.5 Å². The molecule has 7 nitrogen and oxygen atoms in total. The molecule has 0 bridgehead atoms. The van der Waals surface area contributed by atoms with Crippen LogP contribution in [0.4, 0.5) is 4.79 Å². The van der Waals surface area contributed by atoms with Crippen LogP contribution >= 0.6 is 0 Å². The van der Waals surface area contributed by atoms with Crippen molar-refractivity contribution in [2.24, 2.45) is 5.92 Å². The molecular formula is C14H24N2O5. The number of carbonyl (C=O) groups excluding carboxylic acids is 2. The third-order valence-corrected chi connectivity index (χ3v) is 3.64. The summed E-state index contributed by atoms with van der Waals surface area (Å²) in [5, 5.41) is 14.4. The molecule has 1 aliphatic rings. The Bertz CT molecular complexity index is 386. The molecule has 3 N–H and O–H groups in total. The van der Waals surface area contributed by atoms with Gasteiger partial charge in [0.1, 0.15) is 6.04 Å². The summed E-state index contributed by atoms with van der Waals surface area (Å²) in [5.74, 6) is -1.97. The van der Waals surface area contributed by atoms with Crippen LogP contribution in [-0.4, -0.2) is 41.8 Å². The fraction of sp³-hybridized carbons (Fsp3) is 0.786. The summed E-state index contributed by atoms with van der Waals surface area (Å²) in [4.78, 5) is 34.6. The van der Waals surface area contributed by atoms with Gasteiger partial charge in [0, 0.05) is 6.04 Å². The van der Waals surface area contributed by atoms with Crippen LogP contribution in [0.3, 0.4) is 0 Å². The van der Waals surface area contributed by atoms with Crippen molar-refractivity contribution in [3.05, 3.63) is 0 Å². The second-order valence-corrected chi connectivity index (χ2v) is 5.28. The maximum Gasteiger partial charge on any atom is 0.328 e. The van der Waals surface area contributed by atoms with Crippen molar-refractivity contribution in [1.82, 2.24) is 10.6 Å². The summed E-state index contributed by atoms with van der Waals surface area (Å²) < 4.78 is 4.80. The molecule has 1 fully saturated rings. The van der Waals surface area contributed by atoms with Gasteiger partial charge in [0.15, 0.2) is 0 Å². The first kappa shape index (κ1) is 17.3. The molecule has 3 unspecified atom stereocenters. The van der Waals surface area contributed by atoms with Crippen LogP contribution in [0.15, 0.2) is 0 Å². The lowest BCUT2D eigenvalue weighted by molar-refractivity contribution is -0.145. The van der Waals surface area contributed by atoms with E-state index in [1.165, 1.54) is 6.92 Å². The van der Waals surface area contributed by atoms with Crippen LogP contribution in [0, 0.1) is 5.92 Å². The number of carbonyl (C=O) groups is 3. The second-order valence-electron chi connectivity index (χ2n) is 5.28. The number of nitrogens with one attached hydrogen (secondary N) is 2. The Labute approximate surface area is 124 Å². The number of aliphatic carboxylic acids is 1. The molecule has 21 heavy (non-hydrogen) atoms. The first-order valence-electron chi connectivity index (χ1n) is 7.42. The van der Waals surface area contributed by atoms with Gasteiger partial charge in [-0.25, -0.2) is 9.59 Å². The number of rotatable bonds is 5. The Morgan fingerprint density at radius 3 is 2.52 bits per heavy atom. The number of carboxylic acid groups (broad SMARTS) is 1. The van der Waals surface area contributed by atoms with Crippen molar-refractivity contribution in [2.75, 3.05) is 6.61 Å². The maximum atomic E-state index is 11.9. The third kappa shape index (κ3) is 5.61. The van der Waals surface area contributed by atoms with E-state index < -0.39 is 36.0 Å². The molecule has 0 heterocycles. The molecule has 1 rings (SSSR count). The average Bonchev–Trinajstić information content (AvgIpc) is 2.64. The van der Waals surface area contributed by atoms with Crippen molar-refractivity contribution >= 4 is 18.0 Å². The molecule has 1 aliphatic carbocycles. The lowest BCUT2D eigenvalue weighted by Gasteiger charge is -2.24. The number of carboxylic acids is 1. The number of hydrogen-bond acceptors (Lipinski definition) is 4. The highest BCUT2D eigenvalue weighted by Gasteiger charge is 2.31. The van der Waals surface area contributed by atoms with Gasteiger partial charge >= 0.3 is 18.0 Å². The zero-order chi connectivity index (χ0) is 15.8. The SMILES string of the molecule is CCOC(=O)C(C)NC(=O)NC1CCCCCC1C(=O)O. The summed E-state index contributed by atoms with van der Waals surface area (Å²) in [6, 6.07) is -1.70. The molecular weight excluding hydrogens is 276 g/mol. The Kier molecular flexibility index (Phi) is 6.98. The average molecular weight is 300 g/mol. The van der Waals surface area contributed by atoms with E-state index in [4.69, 9.17) is 4.74 Å². The predicted molar refractivity (Wildman–Crippen MR) is 75.8 cm³/mol. The maximum absolute atomic E-state index is 11.9. The summed E-state index contributed by atoms with van der Waals surface area (Å²) in [6.07, 6.45) is 3.92. The van der Waals surface area contributed by atoms with Crippen molar-refractivity contribution in [3.8, 4) is 0 Å². The molecule has 0 radical (unpaired) electrons. The number of hydrogen-bond donors (Lipinski definition) is 3. The smallest absolute Gasteiger partial charge is 0.328 e. The molecule has 0 aromatic carbocycles. The molecule has 0 aromatic heterocycles. The highest BCUT2D eigenvalue weighted by molar-refractivity contribution is 5.83. The summed E-state index contributed by atoms with van der Waals surface area (Å²) in [6.45, 7) is 3.46. The molecule has 0 aliphatic heterocycles. The molecule has 0 spiro atoms. The quantitative estimate of drug-likeness (QED) is 0.524. The van der Waals surface area contributed by atoms with Gasteiger partial charge in [0.2, 0.25) is 0 Å². The monoisotopic (exact) mass is 300 g/mol. The van der Waals surface area contributed by atoms with E-state index in [-0.39, 0.29) is 6.61 Å². The molecule has 120 valence electrons. The first-order valence-corrected chi connectivity index (χ1v) is 7.42. The van der Waals surface area contributed by atoms with E-state index in [0.29, 0.717) is 12.8 Å². The van der Waals surface area contributed by atoms with Gasteiger partial charge in [-0.3, -0.25) is 4.79 Å². The number of ether oxygens (including phenoxy) is 1. The Hall–Kier alpha value is -1.79. The highest BCUT2D eigenvalue weighted by atomic mass is 16.5. The number of amides is 2. The fourth-order valence-electron chi connectivity index (χ4n) is 2.51. The fourth-order valence-corrected chi connectivity index (χ4v) is 2.51. The second kappa shape index (κ2) is 8.49. The Balaban J connectivity index is 2.54. The van der Waals surface area contributed by atoms with Crippen LogP contribution in [-0.2, 0) is 14.3 Å². The van der Waals surface area contributed by atoms with E-state index >= 15 is 0 Å². The summed E-state index contributed by atoms with van der Waals surface area (Å²) >= 11 is 0. The zero-order valence-corrected chi connectivity index (χ0v) is 12.6. The molecule has 0 aromatic rings. The van der Waals surface area contributed by atoms with E-state index in [9.17, 15) is 19.5 Å². The van der Waals surface area contributed by atoms with Gasteiger partial charge in [-0.2, -0.15) is 0 Å². The highest BCUT2D eigenvalue weighted by Crippen LogP contribution is 2.23. The van der Waals surface area contributed by atoms with Crippen molar-refractivity contribution in [3.63, 3.8) is 0 Å². The molecule has 0 saturated heterocycles. The summed E-state index contributed by atoms with van der Waals surface area (Å²) in [5.41, 5.74) is 0. The van der Waals surface area contributed by atoms with E-state index in [1.807, 2.05) is 0 Å². The Morgan fingerprint density at radius 1 is 1.24 bits per heavy atom. The van der Waals surface area contributed by atoms with Gasteiger partial charge in [0.25, 0.3) is 0 Å². The lowest BCUT2D eigenvalue weighted by atomic mass is 9.95. The minimum absolute atomic E-state index is 0.246. The van der Waals surface area contributed by atoms with E-state index in [2.05, 4.69) is 10.6 Å². The minimum Gasteiger partial charge on any atom is -0.481 e. The van der Waals surface area contributed by atoms with Gasteiger partial charge in [-0.1, -0.05) is 19.3 Å². The molecule has 3 atom stereocenters. The normalized spacial score (nSPS) is 23.5. The van der Waals surface area contributed by atoms with Crippen LogP contribution in [0.5, 0.6) is 0 Å². The van der Waals surface area contributed by atoms with Crippen molar-refractivity contribution in [1.29, 1.82) is 0 Å². The van der Waals surface area contributed by atoms with Crippen LogP contribution in [0.25, 0.3) is 0 Å². The first-order chi connectivity index (χ1) is 9.95. The number of urea groups is 1. The topological polar surface area (TPSA) is 105 Å². The van der Waals surface area contributed by atoms with Gasteiger partial charge in [0.05, 0.1) is 12.5 Å². The third-order valence-electron chi connectivity index (χ3n) is 3.64. The number of esters is 1. The standard InChI is InChI=1S/C14H24N2O5/c1-3-21-13(19)9(2)15-14(20)16-11-8-6-4-5-7-10(11)12(17)18/h9-11H,3-8H2,1-2H3,(H,17,18)(H2,15,16,20). The van der Waals surface area contributed by atoms with Crippen molar-refractivity contribution in [2.45, 2.75) is 58.0 Å². The van der Waals surface area contributed by atoms with Crippen LogP contribution < -0.4 is 10.6 Å². The van der Waals surface area contributed by atoms with Crippen LogP contribution in [0.2, 0.25) is 0 Å². The predicted octanol–water partition coefficient (Wildman–Crippen LogP) is 1.27. The van der Waals surface area contributed by atoms with Gasteiger partial charge in [-0.05, 0) is 26.7 Å². The zero-order valence-electron chi connectivity index (χ0n) is 12.6. The lowest BCUT2D eigenvalue weighted by Crippen LogP contribution is -2.51. The van der Waals surface area contributed by atoms with Crippen LogP contribution in [0.1, 0.15) is 46.0 Å². The van der Waals surface area contributed by atoms with Crippen molar-refractivity contribution < 1.29 is 24.2 Å². The van der Waals surface area contributed by atoms with E-state index in [1.54, 1.807) is 6.92 Å². The summed E-state index contributed by atoms with van der Waals surface area (Å²) in [7, 11) is 0. The van der Waals surface area contributed by atoms with E-state index in [0.717, 1.165) is 19.3 Å². The molecule has 7 heteroatoms. The largest absolute Gasteiger partial charge is 0.481 e. The molecule has 2 amide bonds. The van der Waals surface area contributed by atoms with Gasteiger partial charge in [-0.15, -0.1) is 0 Å². The minimum atomic E-state index is -0.888.